The zero-order valence-corrected chi connectivity index (χ0v) is 62.3. The van der Waals surface area contributed by atoms with Crippen LogP contribution in [0.25, 0.3) is 77.9 Å². The largest absolute Gasteiger partial charge is 0.311 e. The van der Waals surface area contributed by atoms with Crippen molar-refractivity contribution < 1.29 is 0 Å². The first-order valence-corrected chi connectivity index (χ1v) is 38.8. The quantitative estimate of drug-likeness (QED) is 0.0901. The molecule has 4 nitrogen and oxygen atoms in total. The van der Waals surface area contributed by atoms with Gasteiger partial charge in [-0.25, -0.2) is 0 Å². The van der Waals surface area contributed by atoms with E-state index in [1.165, 1.54) is 89.0 Å². The van der Waals surface area contributed by atoms with Crippen LogP contribution in [0.4, 0.5) is 68.2 Å². The van der Waals surface area contributed by atoms with E-state index in [0.717, 1.165) is 79.4 Å². The molecular weight excluding hydrogens is 1370 g/mol. The molecule has 0 saturated heterocycles. The average molecular weight is 1440 g/mol. The summed E-state index contributed by atoms with van der Waals surface area (Å²) in [5.74, 6) is 0. The van der Waals surface area contributed by atoms with Crippen LogP contribution in [0.2, 0.25) is 0 Å². The molecule has 0 saturated carbocycles. The van der Waals surface area contributed by atoms with Crippen molar-refractivity contribution in [2.24, 2.45) is 0 Å². The topological polar surface area (TPSA) is 13.0 Å². The van der Waals surface area contributed by atoms with Crippen LogP contribution in [-0.4, -0.2) is 0 Å². The van der Waals surface area contributed by atoms with Crippen LogP contribution in [0.3, 0.4) is 0 Å². The predicted molar refractivity (Wildman–Crippen MR) is 475 cm³/mol. The molecule has 0 aromatic heterocycles. The van der Waals surface area contributed by atoms with Crippen molar-refractivity contribution in [3.8, 4) is 77.9 Å². The van der Waals surface area contributed by atoms with E-state index >= 15 is 0 Å². The Morgan fingerprint density at radius 2 is 0.274 bits per heavy atom. The van der Waals surface area contributed by atoms with Gasteiger partial charge in [-0.3, -0.25) is 0 Å². The maximum atomic E-state index is 2.46. The Balaban J connectivity index is 0.000000155. The van der Waals surface area contributed by atoms with E-state index in [4.69, 9.17) is 0 Å². The lowest BCUT2D eigenvalue weighted by Gasteiger charge is -2.33. The minimum Gasteiger partial charge on any atom is -0.311 e. The Bertz CT molecular complexity index is 5630. The molecule has 1 spiro atoms. The fourth-order valence-electron chi connectivity index (χ4n) is 16.8. The van der Waals surface area contributed by atoms with Crippen molar-refractivity contribution >= 4 is 68.2 Å². The SMILES string of the molecule is c1ccc(-c2ccc(N(c3ccc(-c4ccccc4)cc3)c3ccc(-c4ccc(N(c5ccc(-c6ccccc6)cc5)c5ccc(-c6ccccc6)cc5)cc4)cc3)cc2)cc1.c1ccc(N(c2ccccc2)c2ccc3c(c2)C2(c4ccccc4-c4ccccc42)c2cc(N(c4ccccc4)c4ccccc4)ccc2-3)cc1. The smallest absolute Gasteiger partial charge is 0.0727 e. The van der Waals surface area contributed by atoms with Gasteiger partial charge in [-0.15, -0.1) is 0 Å². The molecule has 2 aliphatic rings. The molecule has 0 bridgehead atoms. The van der Waals surface area contributed by atoms with Gasteiger partial charge in [0, 0.05) is 68.2 Å². The second-order valence-electron chi connectivity index (χ2n) is 28.7. The van der Waals surface area contributed by atoms with Gasteiger partial charge in [0.1, 0.15) is 0 Å². The molecule has 4 heteroatoms. The summed E-state index contributed by atoms with van der Waals surface area (Å²) < 4.78 is 0. The number of hydrogen-bond donors (Lipinski definition) is 0. The summed E-state index contributed by atoms with van der Waals surface area (Å²) in [6.45, 7) is 0. The lowest BCUT2D eigenvalue weighted by atomic mass is 9.70. The van der Waals surface area contributed by atoms with Gasteiger partial charge in [-0.1, -0.05) is 328 Å². The van der Waals surface area contributed by atoms with Gasteiger partial charge in [0.15, 0.2) is 0 Å². The molecule has 0 aliphatic heterocycles. The van der Waals surface area contributed by atoms with Crippen molar-refractivity contribution in [1.82, 2.24) is 0 Å². The van der Waals surface area contributed by atoms with Crippen LogP contribution in [0.1, 0.15) is 22.3 Å². The monoisotopic (exact) mass is 1440 g/mol. The molecule has 20 rings (SSSR count). The highest BCUT2D eigenvalue weighted by Gasteiger charge is 2.52. The van der Waals surface area contributed by atoms with Crippen molar-refractivity contribution in [2.75, 3.05) is 19.6 Å². The van der Waals surface area contributed by atoms with Crippen LogP contribution < -0.4 is 19.6 Å². The molecule has 0 atom stereocenters. The number of fused-ring (bicyclic) bond motifs is 10. The van der Waals surface area contributed by atoms with Crippen molar-refractivity contribution in [2.45, 2.75) is 5.41 Å². The highest BCUT2D eigenvalue weighted by molar-refractivity contribution is 5.98. The first kappa shape index (κ1) is 68.7. The molecule has 0 fully saturated rings. The van der Waals surface area contributed by atoms with Gasteiger partial charge in [-0.05, 0) is 246 Å². The van der Waals surface area contributed by atoms with E-state index in [1.807, 2.05) is 0 Å². The molecule has 2 aliphatic carbocycles. The van der Waals surface area contributed by atoms with Crippen molar-refractivity contribution in [1.29, 1.82) is 0 Å². The Morgan fingerprint density at radius 3 is 0.504 bits per heavy atom. The van der Waals surface area contributed by atoms with E-state index in [-0.39, 0.29) is 0 Å². The number of nitrogens with zero attached hydrogens (tertiary/aromatic N) is 4. The number of rotatable bonds is 17. The van der Waals surface area contributed by atoms with Gasteiger partial charge in [0.25, 0.3) is 0 Å². The average Bonchev–Trinajstić information content (AvgIpc) is 1.51. The lowest BCUT2D eigenvalue weighted by molar-refractivity contribution is 0.793. The molecule has 18 aromatic carbocycles. The molecule has 0 N–H and O–H groups in total. The Labute approximate surface area is 662 Å². The second-order valence-corrected chi connectivity index (χ2v) is 28.7. The molecule has 18 aromatic rings. The zero-order chi connectivity index (χ0) is 75.3. The van der Waals surface area contributed by atoms with Gasteiger partial charge < -0.3 is 19.6 Å². The van der Waals surface area contributed by atoms with Crippen LogP contribution >= 0.6 is 0 Å². The molecule has 534 valence electrons. The van der Waals surface area contributed by atoms with E-state index in [9.17, 15) is 0 Å². The highest BCUT2D eigenvalue weighted by atomic mass is 15.2. The first-order chi connectivity index (χ1) is 56.1. The number of benzene rings is 18. The van der Waals surface area contributed by atoms with Crippen LogP contribution in [0, 0.1) is 0 Å². The summed E-state index contributed by atoms with van der Waals surface area (Å²) in [6, 6.07) is 171. The second kappa shape index (κ2) is 30.7. The highest BCUT2D eigenvalue weighted by Crippen LogP contribution is 2.64. The summed E-state index contributed by atoms with van der Waals surface area (Å²) in [6.07, 6.45) is 0. The summed E-state index contributed by atoms with van der Waals surface area (Å²) in [7, 11) is 0. The van der Waals surface area contributed by atoms with Crippen LogP contribution in [0.5, 0.6) is 0 Å². The number of para-hydroxylation sites is 4. The standard InChI is InChI=1S/C60H44N2.C49H34N2/c1-5-13-45(14-6-1)49-21-33-55(34-22-49)61(56-35-23-50(24-36-56)46-15-7-2-8-16-46)59-41-29-53(30-42-59)54-31-43-60(44-32-54)62(57-37-25-51(26-38-57)47-17-9-3-10-18-47)58-39-27-52(28-40-58)48-19-11-4-12-20-48;1-5-17-35(18-6-1)50(36-19-7-2-8-20-36)39-29-31-43-44-32-30-40(51(37-21-9-3-10-22-37)38-23-11-4-12-24-38)34-48(44)49(47(43)33-39)45-27-15-13-25-41(45)42-26-14-16-28-46(42)49/h1-44H;1-34H. The van der Waals surface area contributed by atoms with Crippen molar-refractivity contribution in [3.63, 3.8) is 0 Å². The van der Waals surface area contributed by atoms with Crippen LogP contribution in [0.15, 0.2) is 473 Å². The lowest BCUT2D eigenvalue weighted by Crippen LogP contribution is -2.26. The summed E-state index contributed by atoms with van der Waals surface area (Å²) in [4.78, 5) is 9.42. The minimum atomic E-state index is -0.498. The van der Waals surface area contributed by atoms with E-state index in [2.05, 4.69) is 493 Å². The number of anilines is 12. The van der Waals surface area contributed by atoms with Crippen LogP contribution in [-0.2, 0) is 5.41 Å². The van der Waals surface area contributed by atoms with Gasteiger partial charge in [-0.2, -0.15) is 0 Å². The first-order valence-electron chi connectivity index (χ1n) is 38.8. The molecule has 0 amide bonds. The third-order valence-corrected chi connectivity index (χ3v) is 22.1. The zero-order valence-electron chi connectivity index (χ0n) is 62.3. The summed E-state index contributed by atoms with van der Waals surface area (Å²) >= 11 is 0. The van der Waals surface area contributed by atoms with E-state index in [1.54, 1.807) is 0 Å². The number of hydrogen-bond acceptors (Lipinski definition) is 4. The Hall–Kier alpha value is -14.8. The normalized spacial score (nSPS) is 11.8. The van der Waals surface area contributed by atoms with Crippen molar-refractivity contribution in [3.05, 3.63) is 495 Å². The molecule has 113 heavy (non-hydrogen) atoms. The molecular formula is C109H78N4. The van der Waals surface area contributed by atoms with E-state index < -0.39 is 5.41 Å². The predicted octanol–water partition coefficient (Wildman–Crippen LogP) is 29.9. The molecule has 0 unspecified atom stereocenters. The summed E-state index contributed by atoms with van der Waals surface area (Å²) in [5.41, 5.74) is 35.2. The molecule has 0 radical (unpaired) electrons. The van der Waals surface area contributed by atoms with Gasteiger partial charge in [0.05, 0.1) is 5.41 Å². The fraction of sp³-hybridized carbons (Fsp3) is 0.00917. The maximum Gasteiger partial charge on any atom is 0.0727 e. The van der Waals surface area contributed by atoms with Gasteiger partial charge >= 0.3 is 0 Å². The van der Waals surface area contributed by atoms with Gasteiger partial charge in [0.2, 0.25) is 0 Å². The summed E-state index contributed by atoms with van der Waals surface area (Å²) in [5, 5.41) is 0. The maximum absolute atomic E-state index is 2.46. The fourth-order valence-corrected chi connectivity index (χ4v) is 16.8. The van der Waals surface area contributed by atoms with E-state index in [0.29, 0.717) is 0 Å². The molecule has 0 heterocycles. The Kier molecular flexibility index (Phi) is 18.6. The Morgan fingerprint density at radius 1 is 0.115 bits per heavy atom. The third-order valence-electron chi connectivity index (χ3n) is 22.1. The third kappa shape index (κ3) is 13.3. The minimum absolute atomic E-state index is 0.498.